The first kappa shape index (κ1) is 26.1. The molecule has 1 aliphatic heterocycles. The Balaban J connectivity index is 1.47. The third-order valence-electron chi connectivity index (χ3n) is 6.11. The Morgan fingerprint density at radius 2 is 2.00 bits per heavy atom. The number of aliphatic imine (C=N–C) groups is 1. The lowest BCUT2D eigenvalue weighted by atomic mass is 10.1. The lowest BCUT2D eigenvalue weighted by molar-refractivity contribution is 0.418. The first-order chi connectivity index (χ1) is 19.0. The molecule has 0 radical (unpaired) electrons. The molecule has 0 atom stereocenters. The molecule has 0 amide bonds. The van der Waals surface area contributed by atoms with Crippen molar-refractivity contribution < 1.29 is 4.74 Å². The number of nitrogens with zero attached hydrogens (tertiary/aromatic N) is 8. The van der Waals surface area contributed by atoms with Gasteiger partial charge in [-0.15, -0.1) is 26.8 Å². The van der Waals surface area contributed by atoms with Crippen LogP contribution in [-0.2, 0) is 19.9 Å². The van der Waals surface area contributed by atoms with Crippen LogP contribution >= 0.6 is 11.6 Å². The van der Waals surface area contributed by atoms with Crippen molar-refractivity contribution >= 4 is 45.9 Å². The molecule has 198 valence electrons. The van der Waals surface area contributed by atoms with Crippen LogP contribution in [0.5, 0.6) is 5.75 Å². The summed E-state index contributed by atoms with van der Waals surface area (Å²) in [6.45, 7) is 10.2. The van der Waals surface area contributed by atoms with Gasteiger partial charge in [0.05, 0.1) is 54.6 Å². The summed E-state index contributed by atoms with van der Waals surface area (Å²) < 4.78 is 5.77. The first-order valence-corrected chi connectivity index (χ1v) is 12.9. The van der Waals surface area contributed by atoms with Crippen LogP contribution in [0.15, 0.2) is 41.4 Å². The molecule has 12 heteroatoms. The largest absolute Gasteiger partial charge is 0.494 e. The number of aromatic nitrogens is 6. The second kappa shape index (κ2) is 11.4. The Morgan fingerprint density at radius 3 is 2.74 bits per heavy atom. The number of alkyl halides is 1. The fourth-order valence-electron chi connectivity index (χ4n) is 4.41. The number of rotatable bonds is 10. The van der Waals surface area contributed by atoms with Crippen LogP contribution in [0.4, 0.5) is 28.6 Å². The highest BCUT2D eigenvalue weighted by Crippen LogP contribution is 2.41. The number of hydrogen-bond acceptors (Lipinski definition) is 9. The molecule has 0 aliphatic carbocycles. The van der Waals surface area contributed by atoms with E-state index in [1.54, 1.807) is 14.2 Å². The van der Waals surface area contributed by atoms with Crippen LogP contribution in [0, 0.1) is 6.57 Å². The van der Waals surface area contributed by atoms with E-state index >= 15 is 0 Å². The van der Waals surface area contributed by atoms with Crippen molar-refractivity contribution in [1.82, 2.24) is 30.2 Å². The quantitative estimate of drug-likeness (QED) is 0.158. The van der Waals surface area contributed by atoms with E-state index in [1.807, 2.05) is 43.3 Å². The summed E-state index contributed by atoms with van der Waals surface area (Å²) >= 11 is 5.77. The number of anilines is 3. The van der Waals surface area contributed by atoms with Gasteiger partial charge in [-0.3, -0.25) is 9.98 Å². The predicted molar refractivity (Wildman–Crippen MR) is 152 cm³/mol. The number of halogens is 1. The minimum atomic E-state index is 0.333. The van der Waals surface area contributed by atoms with Crippen molar-refractivity contribution in [3.63, 3.8) is 0 Å². The Bertz CT molecular complexity index is 1590. The average Bonchev–Trinajstić information content (AvgIpc) is 3.54. The number of fused-ring (bicyclic) bond motifs is 1. The lowest BCUT2D eigenvalue weighted by Gasteiger charge is -2.16. The van der Waals surface area contributed by atoms with Gasteiger partial charge in [0.25, 0.3) is 5.82 Å². The van der Waals surface area contributed by atoms with Gasteiger partial charge < -0.3 is 20.2 Å². The monoisotopic (exact) mass is 542 g/mol. The maximum atomic E-state index is 7.57. The third kappa shape index (κ3) is 5.66. The van der Waals surface area contributed by atoms with Gasteiger partial charge >= 0.3 is 0 Å². The van der Waals surface area contributed by atoms with Crippen LogP contribution < -0.4 is 15.4 Å². The van der Waals surface area contributed by atoms with Crippen molar-refractivity contribution in [3.8, 4) is 17.1 Å². The molecule has 2 N–H and O–H groups in total. The summed E-state index contributed by atoms with van der Waals surface area (Å²) in [6.07, 6.45) is 1.94. The summed E-state index contributed by atoms with van der Waals surface area (Å²) in [5.41, 5.74) is 7.22. The Labute approximate surface area is 231 Å². The molecule has 0 saturated carbocycles. The van der Waals surface area contributed by atoms with Crippen molar-refractivity contribution in [2.24, 2.45) is 12.0 Å². The van der Waals surface area contributed by atoms with Gasteiger partial charge in [-0.05, 0) is 48.9 Å². The Kier molecular flexibility index (Phi) is 7.65. The average molecular weight is 543 g/mol. The first-order valence-electron chi connectivity index (χ1n) is 12.4. The molecule has 5 rings (SSSR count). The van der Waals surface area contributed by atoms with E-state index in [-0.39, 0.29) is 0 Å². The molecule has 39 heavy (non-hydrogen) atoms. The maximum absolute atomic E-state index is 7.57. The van der Waals surface area contributed by atoms with Crippen LogP contribution in [-0.4, -0.2) is 55.4 Å². The van der Waals surface area contributed by atoms with Gasteiger partial charge in [0, 0.05) is 24.6 Å². The standard InChI is InChI=1S/C27H27ClN10O/c1-16-13-22-24(31-16)23(34-20-8-5-7-19(25(20)39-4)26-35-37-38(3)36-26)15-18(32-22)14-17-9-10-21(27(29-2)33-17)30-12-6-11-28/h5,7-10,15,30H,6,11-14H2,1,3-4H3,(H,32,34). The molecule has 0 spiro atoms. The van der Waals surface area contributed by atoms with E-state index in [0.29, 0.717) is 48.3 Å². The summed E-state index contributed by atoms with van der Waals surface area (Å²) in [6, 6.07) is 11.5. The highest BCUT2D eigenvalue weighted by molar-refractivity contribution is 6.17. The second-order valence-electron chi connectivity index (χ2n) is 9.03. The van der Waals surface area contributed by atoms with Gasteiger partial charge in [0.15, 0.2) is 5.75 Å². The molecule has 11 nitrogen and oxygen atoms in total. The molecule has 0 fully saturated rings. The van der Waals surface area contributed by atoms with Crippen molar-refractivity contribution in [3.05, 3.63) is 64.9 Å². The van der Waals surface area contributed by atoms with E-state index in [0.717, 1.165) is 51.8 Å². The molecular formula is C27H27ClN10O. The smallest absolute Gasteiger partial charge is 0.292 e. The fourth-order valence-corrected chi connectivity index (χ4v) is 4.54. The van der Waals surface area contributed by atoms with E-state index in [4.69, 9.17) is 32.9 Å². The van der Waals surface area contributed by atoms with Gasteiger partial charge in [-0.2, -0.15) is 4.80 Å². The molecule has 4 heterocycles. The minimum absolute atomic E-state index is 0.333. The topological polar surface area (TPSA) is 119 Å². The third-order valence-corrected chi connectivity index (χ3v) is 6.38. The van der Waals surface area contributed by atoms with Crippen LogP contribution in [0.1, 0.15) is 30.4 Å². The number of benzene rings is 1. The summed E-state index contributed by atoms with van der Waals surface area (Å²) in [5.74, 6) is 1.95. The summed E-state index contributed by atoms with van der Waals surface area (Å²) in [4.78, 5) is 19.2. The van der Waals surface area contributed by atoms with Crippen LogP contribution in [0.25, 0.3) is 16.2 Å². The van der Waals surface area contributed by atoms with Gasteiger partial charge in [0.1, 0.15) is 11.4 Å². The van der Waals surface area contributed by atoms with E-state index in [1.165, 1.54) is 4.80 Å². The van der Waals surface area contributed by atoms with Gasteiger partial charge in [0.2, 0.25) is 5.82 Å². The lowest BCUT2D eigenvalue weighted by Crippen LogP contribution is -2.05. The van der Waals surface area contributed by atoms with E-state index in [2.05, 4.69) is 35.9 Å². The zero-order chi connectivity index (χ0) is 27.4. The highest BCUT2D eigenvalue weighted by Gasteiger charge is 2.22. The molecule has 1 aliphatic rings. The van der Waals surface area contributed by atoms with Crippen molar-refractivity contribution in [2.45, 2.75) is 26.2 Å². The Morgan fingerprint density at radius 1 is 1.13 bits per heavy atom. The van der Waals surface area contributed by atoms with Gasteiger partial charge in [-0.1, -0.05) is 12.6 Å². The Hall–Kier alpha value is -4.56. The number of aryl methyl sites for hydroxylation is 1. The molecule has 1 aromatic carbocycles. The number of nitrogens with one attached hydrogen (secondary N) is 2. The SMILES string of the molecule is [C-]#[N+]c1nc(Cc2cc(Nc3cccc(-c4nnn(C)n4)c3OC)c3c(n2)CC(C)=N3)ccc1NCCCCl. The molecule has 0 bridgehead atoms. The number of methoxy groups -OCH3 is 1. The molecular weight excluding hydrogens is 516 g/mol. The maximum Gasteiger partial charge on any atom is 0.292 e. The number of pyridine rings is 2. The van der Waals surface area contributed by atoms with Crippen molar-refractivity contribution in [2.75, 3.05) is 30.2 Å². The van der Waals surface area contributed by atoms with Crippen LogP contribution in [0.2, 0.25) is 0 Å². The number of tetrazole rings is 1. The number of para-hydroxylation sites is 1. The highest BCUT2D eigenvalue weighted by atomic mass is 35.5. The minimum Gasteiger partial charge on any atom is -0.494 e. The zero-order valence-corrected chi connectivity index (χ0v) is 22.6. The summed E-state index contributed by atoms with van der Waals surface area (Å²) in [7, 11) is 3.33. The molecule has 3 aromatic heterocycles. The summed E-state index contributed by atoms with van der Waals surface area (Å²) in [5, 5.41) is 19.1. The number of hydrogen-bond donors (Lipinski definition) is 2. The van der Waals surface area contributed by atoms with Crippen molar-refractivity contribution in [1.29, 1.82) is 0 Å². The molecule has 4 aromatic rings. The number of ether oxygens (including phenoxy) is 1. The normalized spacial score (nSPS) is 12.0. The van der Waals surface area contributed by atoms with Gasteiger partial charge in [-0.25, -0.2) is 0 Å². The zero-order valence-electron chi connectivity index (χ0n) is 21.9. The second-order valence-corrected chi connectivity index (χ2v) is 9.40. The molecule has 0 unspecified atom stereocenters. The fraction of sp³-hybridized carbons (Fsp3) is 0.296. The van der Waals surface area contributed by atoms with E-state index < -0.39 is 0 Å². The molecule has 0 saturated heterocycles. The van der Waals surface area contributed by atoms with E-state index in [9.17, 15) is 0 Å². The van der Waals surface area contributed by atoms with Crippen LogP contribution in [0.3, 0.4) is 0 Å². The predicted octanol–water partition coefficient (Wildman–Crippen LogP) is 5.25.